The van der Waals surface area contributed by atoms with Gasteiger partial charge in [-0.1, -0.05) is 91.0 Å². The Hall–Kier alpha value is -6.32. The van der Waals surface area contributed by atoms with Gasteiger partial charge in [-0.05, 0) is 95.0 Å². The van der Waals surface area contributed by atoms with Crippen molar-refractivity contribution < 1.29 is 0 Å². The highest BCUT2D eigenvalue weighted by Crippen LogP contribution is 2.45. The fourth-order valence-electron chi connectivity index (χ4n) is 7.63. The summed E-state index contributed by atoms with van der Waals surface area (Å²) in [5, 5.41) is 8.95. The van der Waals surface area contributed by atoms with Crippen LogP contribution in [0.1, 0.15) is 0 Å². The molecule has 47 heavy (non-hydrogen) atoms. The van der Waals surface area contributed by atoms with Crippen molar-refractivity contribution in [2.75, 3.05) is 4.90 Å². The molecule has 0 bridgehead atoms. The molecule has 2 aromatic heterocycles. The highest BCUT2D eigenvalue weighted by Gasteiger charge is 2.22. The third kappa shape index (κ3) is 3.87. The van der Waals surface area contributed by atoms with Gasteiger partial charge in [0.05, 0.1) is 16.6 Å². The second kappa shape index (κ2) is 10.1. The van der Waals surface area contributed by atoms with Crippen LogP contribution in [-0.4, -0.2) is 9.13 Å². The van der Waals surface area contributed by atoms with Crippen LogP contribution >= 0.6 is 0 Å². The van der Waals surface area contributed by atoms with Gasteiger partial charge >= 0.3 is 0 Å². The van der Waals surface area contributed by atoms with Crippen LogP contribution in [0.3, 0.4) is 0 Å². The molecular weight excluding hydrogens is 571 g/mol. The molecule has 0 amide bonds. The van der Waals surface area contributed by atoms with Crippen molar-refractivity contribution in [2.45, 2.75) is 0 Å². The number of hydrogen-bond donors (Lipinski definition) is 0. The van der Waals surface area contributed by atoms with Crippen LogP contribution in [0.2, 0.25) is 0 Å². The van der Waals surface area contributed by atoms with E-state index >= 15 is 0 Å². The van der Waals surface area contributed by atoms with E-state index in [1.54, 1.807) is 0 Å². The van der Waals surface area contributed by atoms with Crippen LogP contribution in [0.5, 0.6) is 0 Å². The lowest BCUT2D eigenvalue weighted by molar-refractivity contribution is 1.13. The zero-order valence-electron chi connectivity index (χ0n) is 25.6. The third-order valence-electron chi connectivity index (χ3n) is 9.65. The smallest absolute Gasteiger partial charge is 0.0614 e. The molecule has 0 radical (unpaired) electrons. The van der Waals surface area contributed by atoms with Gasteiger partial charge in [0.15, 0.2) is 0 Å². The number of rotatable bonds is 5. The molecule has 0 N–H and O–H groups in total. The molecule has 3 nitrogen and oxygen atoms in total. The van der Waals surface area contributed by atoms with Crippen molar-refractivity contribution >= 4 is 71.3 Å². The first kappa shape index (κ1) is 26.0. The number of anilines is 3. The van der Waals surface area contributed by atoms with Crippen LogP contribution in [0.25, 0.3) is 65.6 Å². The largest absolute Gasteiger partial charge is 0.316 e. The molecule has 0 aliphatic rings. The molecule has 0 aliphatic heterocycles. The second-order valence-electron chi connectivity index (χ2n) is 12.2. The summed E-state index contributed by atoms with van der Waals surface area (Å²) < 4.78 is 4.77. The van der Waals surface area contributed by atoms with Gasteiger partial charge in [0.1, 0.15) is 0 Å². The van der Waals surface area contributed by atoms with Gasteiger partial charge < -0.3 is 14.0 Å². The third-order valence-corrected chi connectivity index (χ3v) is 9.65. The van der Waals surface area contributed by atoms with Crippen molar-refractivity contribution in [3.8, 4) is 11.4 Å². The minimum absolute atomic E-state index is 1.12. The summed E-state index contributed by atoms with van der Waals surface area (Å²) in [7, 11) is 0. The monoisotopic (exact) mass is 599 g/mol. The lowest BCUT2D eigenvalue weighted by atomic mass is 9.98. The standard InChI is InChI=1S/C44H29N3/c1-3-13-32(14-4-1)45-28-27-38-37-17-9-19-40-42(37)43-39(44(38)45)18-10-20-41(43)47(40)35-25-23-34(24-26-35)46(33-15-5-2-6-16-33)36-22-21-30-11-7-8-12-31(30)29-36/h1-29H. The Bertz CT molecular complexity index is 2720. The summed E-state index contributed by atoms with van der Waals surface area (Å²) in [4.78, 5) is 2.34. The normalized spacial score (nSPS) is 11.8. The van der Waals surface area contributed by atoms with E-state index in [9.17, 15) is 0 Å². The highest BCUT2D eigenvalue weighted by molar-refractivity contribution is 6.34. The molecule has 2 heterocycles. The second-order valence-corrected chi connectivity index (χ2v) is 12.2. The highest BCUT2D eigenvalue weighted by atomic mass is 15.1. The summed E-state index contributed by atoms with van der Waals surface area (Å²) in [5.41, 5.74) is 9.40. The van der Waals surface area contributed by atoms with Gasteiger partial charge in [-0.25, -0.2) is 0 Å². The molecule has 3 heteroatoms. The average molecular weight is 600 g/mol. The van der Waals surface area contributed by atoms with Gasteiger partial charge in [0.2, 0.25) is 0 Å². The van der Waals surface area contributed by atoms with Crippen LogP contribution in [0.15, 0.2) is 176 Å². The van der Waals surface area contributed by atoms with Crippen LogP contribution < -0.4 is 4.90 Å². The Balaban J connectivity index is 1.17. The number of nitrogens with zero attached hydrogens (tertiary/aromatic N) is 3. The molecule has 0 saturated heterocycles. The van der Waals surface area contributed by atoms with Gasteiger partial charge in [0.25, 0.3) is 0 Å². The molecule has 8 aromatic carbocycles. The minimum Gasteiger partial charge on any atom is -0.316 e. The first-order valence-electron chi connectivity index (χ1n) is 16.1. The molecule has 0 aliphatic carbocycles. The van der Waals surface area contributed by atoms with Crippen molar-refractivity contribution in [1.82, 2.24) is 9.13 Å². The number of aromatic nitrogens is 2. The summed E-state index contributed by atoms with van der Waals surface area (Å²) in [6, 6.07) is 61.3. The maximum atomic E-state index is 2.43. The van der Waals surface area contributed by atoms with Crippen molar-refractivity contribution in [2.24, 2.45) is 0 Å². The van der Waals surface area contributed by atoms with E-state index in [2.05, 4.69) is 190 Å². The molecule has 0 unspecified atom stereocenters. The lowest BCUT2D eigenvalue weighted by Gasteiger charge is -2.26. The van der Waals surface area contributed by atoms with E-state index in [1.807, 2.05) is 0 Å². The molecule has 0 saturated carbocycles. The molecule has 10 aromatic rings. The molecule has 0 spiro atoms. The van der Waals surface area contributed by atoms with E-state index in [4.69, 9.17) is 0 Å². The fraction of sp³-hybridized carbons (Fsp3) is 0. The average Bonchev–Trinajstić information content (AvgIpc) is 3.74. The zero-order chi connectivity index (χ0) is 30.9. The minimum atomic E-state index is 1.12. The molecule has 10 rings (SSSR count). The van der Waals surface area contributed by atoms with Crippen LogP contribution in [-0.2, 0) is 0 Å². The number of para-hydroxylation sites is 2. The Kier molecular flexibility index (Phi) is 5.57. The quantitative estimate of drug-likeness (QED) is 0.179. The van der Waals surface area contributed by atoms with Crippen molar-refractivity contribution in [1.29, 1.82) is 0 Å². The Morgan fingerprint density at radius 2 is 1.00 bits per heavy atom. The van der Waals surface area contributed by atoms with Crippen molar-refractivity contribution in [3.05, 3.63) is 176 Å². The number of hydrogen-bond acceptors (Lipinski definition) is 1. The predicted molar refractivity (Wildman–Crippen MR) is 198 cm³/mol. The summed E-state index contributed by atoms with van der Waals surface area (Å²) in [6.45, 7) is 0. The lowest BCUT2D eigenvalue weighted by Crippen LogP contribution is -2.10. The van der Waals surface area contributed by atoms with Gasteiger partial charge in [0, 0.05) is 56.2 Å². The first-order chi connectivity index (χ1) is 23.3. The number of fused-ring (bicyclic) bond motifs is 4. The summed E-state index contributed by atoms with van der Waals surface area (Å²) in [5.74, 6) is 0. The van der Waals surface area contributed by atoms with Gasteiger partial charge in [-0.3, -0.25) is 0 Å². The maximum Gasteiger partial charge on any atom is 0.0614 e. The van der Waals surface area contributed by atoms with Crippen LogP contribution in [0, 0.1) is 0 Å². The van der Waals surface area contributed by atoms with Gasteiger partial charge in [-0.15, -0.1) is 0 Å². The SMILES string of the molecule is c1ccc(N(c2ccc(-n3c4cccc5c6ccn(-c7ccccc7)c6c6cccc3c6c54)cc2)c2ccc3ccccc3c2)cc1. The fourth-order valence-corrected chi connectivity index (χ4v) is 7.63. The van der Waals surface area contributed by atoms with E-state index < -0.39 is 0 Å². The zero-order valence-corrected chi connectivity index (χ0v) is 25.6. The summed E-state index contributed by atoms with van der Waals surface area (Å²) in [6.07, 6.45) is 2.21. The Morgan fingerprint density at radius 3 is 1.77 bits per heavy atom. The van der Waals surface area contributed by atoms with E-state index in [1.165, 1.54) is 59.9 Å². The molecule has 220 valence electrons. The van der Waals surface area contributed by atoms with E-state index in [0.717, 1.165) is 22.7 Å². The Labute approximate surface area is 272 Å². The van der Waals surface area contributed by atoms with Crippen LogP contribution in [0.4, 0.5) is 17.1 Å². The van der Waals surface area contributed by atoms with E-state index in [0.29, 0.717) is 0 Å². The molecule has 0 atom stereocenters. The van der Waals surface area contributed by atoms with Gasteiger partial charge in [-0.2, -0.15) is 0 Å². The summed E-state index contributed by atoms with van der Waals surface area (Å²) >= 11 is 0. The first-order valence-corrected chi connectivity index (χ1v) is 16.1. The molecule has 0 fully saturated rings. The number of benzene rings is 8. The maximum absolute atomic E-state index is 2.43. The predicted octanol–water partition coefficient (Wildman–Crippen LogP) is 11.9. The van der Waals surface area contributed by atoms with E-state index in [-0.39, 0.29) is 0 Å². The topological polar surface area (TPSA) is 13.1 Å². The van der Waals surface area contributed by atoms with Crippen molar-refractivity contribution in [3.63, 3.8) is 0 Å². The molecular formula is C44H29N3. The Morgan fingerprint density at radius 1 is 0.383 bits per heavy atom.